The van der Waals surface area contributed by atoms with E-state index in [1.165, 1.54) is 17.4 Å². The van der Waals surface area contributed by atoms with Gasteiger partial charge in [-0.2, -0.15) is 0 Å². The Morgan fingerprint density at radius 2 is 1.93 bits per heavy atom. The Morgan fingerprint density at radius 3 is 2.60 bits per heavy atom. The minimum Gasteiger partial charge on any atom is -0.300 e. The minimum absolute atomic E-state index is 0.123. The van der Waals surface area contributed by atoms with E-state index in [9.17, 15) is 18.8 Å². The van der Waals surface area contributed by atoms with E-state index in [1.807, 2.05) is 18.2 Å². The highest BCUT2D eigenvalue weighted by Crippen LogP contribution is 2.52. The van der Waals surface area contributed by atoms with Crippen LogP contribution in [-0.4, -0.2) is 34.2 Å². The summed E-state index contributed by atoms with van der Waals surface area (Å²) in [5, 5.41) is 3.07. The lowest BCUT2D eigenvalue weighted by atomic mass is 9.85. The lowest BCUT2D eigenvalue weighted by Gasteiger charge is -2.16. The number of benzene rings is 1. The molecular formula is C22H20FN3O3S. The Balaban J connectivity index is 1.21. The lowest BCUT2D eigenvalue weighted by Crippen LogP contribution is -2.39. The van der Waals surface area contributed by atoms with E-state index in [0.29, 0.717) is 17.1 Å². The molecule has 0 spiro atoms. The highest BCUT2D eigenvalue weighted by molar-refractivity contribution is 7.15. The third-order valence-electron chi connectivity index (χ3n) is 6.28. The standard InChI is InChI=1S/C22H20FN3O3S/c1-11-2-3-12(7-16(11)23)6-15-9-24-22(30-15)25-17(27)10-26-20(28)18-13-4-5-14(8-13)19(18)21(26)29/h2-5,7,9,13-14,18-19H,6,8,10H2,1H3,(H,24,25,27)/t13-,14-,18+,19+/m0/s1. The number of aromatic nitrogens is 1. The zero-order valence-electron chi connectivity index (χ0n) is 16.3. The van der Waals surface area contributed by atoms with E-state index in [4.69, 9.17) is 0 Å². The van der Waals surface area contributed by atoms with Crippen LogP contribution in [0.5, 0.6) is 0 Å². The van der Waals surface area contributed by atoms with Crippen molar-refractivity contribution in [3.05, 3.63) is 58.4 Å². The van der Waals surface area contributed by atoms with Crippen LogP contribution in [0.2, 0.25) is 0 Å². The van der Waals surface area contributed by atoms with Crippen molar-refractivity contribution >= 4 is 34.2 Å². The fourth-order valence-electron chi connectivity index (χ4n) is 4.82. The summed E-state index contributed by atoms with van der Waals surface area (Å²) >= 11 is 1.29. The molecule has 2 aromatic rings. The molecule has 3 amide bonds. The predicted octanol–water partition coefficient (Wildman–Crippen LogP) is 2.93. The van der Waals surface area contributed by atoms with Gasteiger partial charge in [0.15, 0.2) is 5.13 Å². The zero-order valence-corrected chi connectivity index (χ0v) is 17.1. The van der Waals surface area contributed by atoms with Crippen LogP contribution in [0.1, 0.15) is 22.4 Å². The van der Waals surface area contributed by atoms with Gasteiger partial charge in [-0.15, -0.1) is 11.3 Å². The summed E-state index contributed by atoms with van der Waals surface area (Å²) in [4.78, 5) is 44.0. The van der Waals surface area contributed by atoms with Gasteiger partial charge in [-0.3, -0.25) is 19.3 Å². The number of hydrogen-bond acceptors (Lipinski definition) is 5. The van der Waals surface area contributed by atoms with Crippen molar-refractivity contribution in [2.24, 2.45) is 23.7 Å². The molecule has 4 atom stereocenters. The normalized spacial score (nSPS) is 26.5. The zero-order chi connectivity index (χ0) is 21.0. The number of allylic oxidation sites excluding steroid dienone is 2. The van der Waals surface area contributed by atoms with Crippen LogP contribution < -0.4 is 5.32 Å². The fourth-order valence-corrected chi connectivity index (χ4v) is 5.68. The van der Waals surface area contributed by atoms with Gasteiger partial charge in [0.25, 0.3) is 0 Å². The van der Waals surface area contributed by atoms with Gasteiger partial charge in [-0.05, 0) is 42.4 Å². The number of likely N-dealkylation sites (tertiary alicyclic amines) is 1. The summed E-state index contributed by atoms with van der Waals surface area (Å²) < 4.78 is 13.7. The van der Waals surface area contributed by atoms with E-state index >= 15 is 0 Å². The van der Waals surface area contributed by atoms with Crippen LogP contribution in [0.15, 0.2) is 36.5 Å². The monoisotopic (exact) mass is 425 g/mol. The number of aryl methyl sites for hydroxylation is 1. The first-order valence-electron chi connectivity index (χ1n) is 9.94. The van der Waals surface area contributed by atoms with Gasteiger partial charge in [0.05, 0.1) is 11.8 Å². The van der Waals surface area contributed by atoms with Crippen molar-refractivity contribution in [1.82, 2.24) is 9.88 Å². The first kappa shape index (κ1) is 19.1. The largest absolute Gasteiger partial charge is 0.300 e. The number of rotatable bonds is 5. The highest BCUT2D eigenvalue weighted by Gasteiger charge is 2.59. The van der Waals surface area contributed by atoms with E-state index in [1.54, 1.807) is 19.2 Å². The van der Waals surface area contributed by atoms with Gasteiger partial charge in [0, 0.05) is 17.5 Å². The van der Waals surface area contributed by atoms with Gasteiger partial charge in [0.2, 0.25) is 17.7 Å². The Labute approximate surface area is 176 Å². The van der Waals surface area contributed by atoms with Gasteiger partial charge < -0.3 is 5.32 Å². The average molecular weight is 425 g/mol. The second-order valence-corrected chi connectivity index (χ2v) is 9.32. The van der Waals surface area contributed by atoms with Crippen LogP contribution in [0, 0.1) is 36.4 Å². The number of imide groups is 1. The van der Waals surface area contributed by atoms with E-state index < -0.39 is 5.91 Å². The van der Waals surface area contributed by atoms with Crippen LogP contribution in [0.25, 0.3) is 0 Å². The van der Waals surface area contributed by atoms with Crippen LogP contribution in [0.4, 0.5) is 9.52 Å². The Bertz CT molecular complexity index is 1070. The topological polar surface area (TPSA) is 79.4 Å². The smallest absolute Gasteiger partial charge is 0.246 e. The van der Waals surface area contributed by atoms with E-state index in [0.717, 1.165) is 21.8 Å². The van der Waals surface area contributed by atoms with E-state index in [-0.39, 0.29) is 47.8 Å². The maximum absolute atomic E-state index is 13.7. The second-order valence-electron chi connectivity index (χ2n) is 8.20. The maximum atomic E-state index is 13.7. The molecule has 154 valence electrons. The van der Waals surface area contributed by atoms with Crippen molar-refractivity contribution in [1.29, 1.82) is 0 Å². The Morgan fingerprint density at radius 1 is 1.23 bits per heavy atom. The molecule has 2 aliphatic carbocycles. The number of amides is 3. The van der Waals surface area contributed by atoms with Crippen LogP contribution in [-0.2, 0) is 20.8 Å². The number of nitrogens with one attached hydrogen (secondary N) is 1. The molecule has 2 fully saturated rings. The summed E-state index contributed by atoms with van der Waals surface area (Å²) in [6, 6.07) is 5.09. The third-order valence-corrected chi connectivity index (χ3v) is 7.19. The Hall–Kier alpha value is -2.87. The van der Waals surface area contributed by atoms with Gasteiger partial charge >= 0.3 is 0 Å². The van der Waals surface area contributed by atoms with Crippen molar-refractivity contribution in [3.63, 3.8) is 0 Å². The molecule has 1 N–H and O–H groups in total. The van der Waals surface area contributed by atoms with Crippen LogP contribution >= 0.6 is 11.3 Å². The average Bonchev–Trinajstić information content (AvgIpc) is 3.47. The number of nitrogens with zero attached hydrogens (tertiary/aromatic N) is 2. The molecule has 6 nitrogen and oxygen atoms in total. The van der Waals surface area contributed by atoms with Crippen molar-refractivity contribution in [2.75, 3.05) is 11.9 Å². The first-order valence-corrected chi connectivity index (χ1v) is 10.8. The molecule has 1 saturated carbocycles. The first-order chi connectivity index (χ1) is 14.4. The Kier molecular flexibility index (Phi) is 4.54. The molecule has 2 heterocycles. The molecule has 2 bridgehead atoms. The number of hydrogen-bond donors (Lipinski definition) is 1. The molecule has 1 saturated heterocycles. The molecule has 3 aliphatic rings. The molecule has 30 heavy (non-hydrogen) atoms. The summed E-state index contributed by atoms with van der Waals surface area (Å²) in [5.41, 5.74) is 1.41. The number of carbonyl (C=O) groups excluding carboxylic acids is 3. The lowest BCUT2D eigenvalue weighted by molar-refractivity contribution is -0.143. The molecule has 8 heteroatoms. The molecule has 1 aliphatic heterocycles. The van der Waals surface area contributed by atoms with Gasteiger partial charge in [-0.1, -0.05) is 24.3 Å². The summed E-state index contributed by atoms with van der Waals surface area (Å²) in [5.74, 6) is -1.53. The van der Waals surface area contributed by atoms with Crippen molar-refractivity contribution in [2.45, 2.75) is 19.8 Å². The summed E-state index contributed by atoms with van der Waals surface area (Å²) in [7, 11) is 0. The van der Waals surface area contributed by atoms with E-state index in [2.05, 4.69) is 10.3 Å². The predicted molar refractivity (Wildman–Crippen MR) is 109 cm³/mol. The number of anilines is 1. The molecule has 1 aromatic carbocycles. The summed E-state index contributed by atoms with van der Waals surface area (Å²) in [6.07, 6.45) is 7.06. The minimum atomic E-state index is -0.445. The maximum Gasteiger partial charge on any atom is 0.246 e. The molecule has 0 radical (unpaired) electrons. The number of fused-ring (bicyclic) bond motifs is 5. The molecule has 1 aromatic heterocycles. The summed E-state index contributed by atoms with van der Waals surface area (Å²) in [6.45, 7) is 1.42. The van der Waals surface area contributed by atoms with Crippen molar-refractivity contribution in [3.8, 4) is 0 Å². The SMILES string of the molecule is Cc1ccc(Cc2cnc(NC(=O)CN3C(=O)[C@H]4[C@H](C3=O)[C@H]3C=C[C@H]4C3)s2)cc1F. The molecule has 0 unspecified atom stereocenters. The second kappa shape index (κ2) is 7.12. The number of halogens is 1. The van der Waals surface area contributed by atoms with Crippen LogP contribution in [0.3, 0.4) is 0 Å². The van der Waals surface area contributed by atoms with Crippen molar-refractivity contribution < 1.29 is 18.8 Å². The third kappa shape index (κ3) is 3.15. The van der Waals surface area contributed by atoms with Gasteiger partial charge in [-0.25, -0.2) is 9.37 Å². The fraction of sp³-hybridized carbons (Fsp3) is 0.364. The highest BCUT2D eigenvalue weighted by atomic mass is 32.1. The quantitative estimate of drug-likeness (QED) is 0.590. The number of thiazole rings is 1. The van der Waals surface area contributed by atoms with Gasteiger partial charge in [0.1, 0.15) is 12.4 Å². The molecular weight excluding hydrogens is 405 g/mol. The number of carbonyl (C=O) groups is 3. The molecule has 5 rings (SSSR count).